The van der Waals surface area contributed by atoms with E-state index in [1.807, 2.05) is 4.90 Å². The van der Waals surface area contributed by atoms with Gasteiger partial charge in [0.15, 0.2) is 0 Å². The zero-order valence-corrected chi connectivity index (χ0v) is 13.6. The Hall–Kier alpha value is -1.40. The minimum atomic E-state index is 0.0282. The van der Waals surface area contributed by atoms with Gasteiger partial charge in [0.1, 0.15) is 0 Å². The monoisotopic (exact) mass is 321 g/mol. The third-order valence-electron chi connectivity index (χ3n) is 4.85. The fourth-order valence-corrected chi connectivity index (χ4v) is 4.38. The lowest BCUT2D eigenvalue weighted by Crippen LogP contribution is -2.57. The van der Waals surface area contributed by atoms with Crippen molar-refractivity contribution in [1.29, 1.82) is 0 Å². The molecule has 22 heavy (non-hydrogen) atoms. The molecular formula is C16H23N3O2S. The SMILES string of the molecule is NCC(=O)N1CCC2C(CCC(=O)N2CCc2cccs2)C1. The van der Waals surface area contributed by atoms with Crippen LogP contribution in [0.1, 0.15) is 24.1 Å². The van der Waals surface area contributed by atoms with Crippen molar-refractivity contribution in [2.24, 2.45) is 11.7 Å². The van der Waals surface area contributed by atoms with Crippen LogP contribution >= 0.6 is 11.3 Å². The van der Waals surface area contributed by atoms with Crippen molar-refractivity contribution in [3.05, 3.63) is 22.4 Å². The summed E-state index contributed by atoms with van der Waals surface area (Å²) in [6.45, 7) is 2.35. The smallest absolute Gasteiger partial charge is 0.236 e. The molecule has 2 aliphatic rings. The van der Waals surface area contributed by atoms with Gasteiger partial charge in [0.2, 0.25) is 11.8 Å². The standard InChI is InChI=1S/C16H23N3O2S/c17-10-16(21)18-7-6-14-12(11-18)3-4-15(20)19(14)8-5-13-2-1-9-22-13/h1-2,9,12,14H,3-8,10-11,17H2. The van der Waals surface area contributed by atoms with Gasteiger partial charge in [0, 0.05) is 37.0 Å². The summed E-state index contributed by atoms with van der Waals surface area (Å²) in [5.74, 6) is 0.710. The molecule has 0 bridgehead atoms. The van der Waals surface area contributed by atoms with Gasteiger partial charge in [-0.3, -0.25) is 9.59 Å². The molecule has 6 heteroatoms. The molecule has 2 saturated heterocycles. The highest BCUT2D eigenvalue weighted by Crippen LogP contribution is 2.31. The number of hydrogen-bond donors (Lipinski definition) is 1. The number of thiophene rings is 1. The van der Waals surface area contributed by atoms with Crippen LogP contribution in [-0.4, -0.2) is 53.8 Å². The number of carbonyl (C=O) groups excluding carboxylic acids is 2. The number of amides is 2. The van der Waals surface area contributed by atoms with E-state index in [1.54, 1.807) is 11.3 Å². The van der Waals surface area contributed by atoms with Crippen molar-refractivity contribution in [3.8, 4) is 0 Å². The predicted octanol–water partition coefficient (Wildman–Crippen LogP) is 1.09. The maximum absolute atomic E-state index is 12.3. The first-order valence-corrected chi connectivity index (χ1v) is 8.86. The average Bonchev–Trinajstić information content (AvgIpc) is 3.06. The summed E-state index contributed by atoms with van der Waals surface area (Å²) in [5, 5.41) is 2.08. The lowest BCUT2D eigenvalue weighted by atomic mass is 9.83. The van der Waals surface area contributed by atoms with Gasteiger partial charge in [-0.1, -0.05) is 6.07 Å². The number of hydrogen-bond acceptors (Lipinski definition) is 4. The van der Waals surface area contributed by atoms with Crippen LogP contribution < -0.4 is 5.73 Å². The molecule has 2 N–H and O–H groups in total. The summed E-state index contributed by atoms with van der Waals surface area (Å²) >= 11 is 1.74. The van der Waals surface area contributed by atoms with Gasteiger partial charge < -0.3 is 15.5 Å². The first-order valence-electron chi connectivity index (χ1n) is 7.98. The van der Waals surface area contributed by atoms with E-state index in [1.165, 1.54) is 4.88 Å². The van der Waals surface area contributed by atoms with Crippen molar-refractivity contribution >= 4 is 23.2 Å². The molecule has 2 amide bonds. The van der Waals surface area contributed by atoms with Gasteiger partial charge in [-0.05, 0) is 36.6 Å². The number of nitrogens with two attached hydrogens (primary N) is 1. The summed E-state index contributed by atoms with van der Waals surface area (Å²) in [6.07, 6.45) is 3.31. The quantitative estimate of drug-likeness (QED) is 0.903. The third-order valence-corrected chi connectivity index (χ3v) is 5.79. The minimum Gasteiger partial charge on any atom is -0.341 e. The molecule has 0 aromatic carbocycles. The summed E-state index contributed by atoms with van der Waals surface area (Å²) < 4.78 is 0. The summed E-state index contributed by atoms with van der Waals surface area (Å²) in [4.78, 5) is 29.4. The van der Waals surface area contributed by atoms with Gasteiger partial charge in [-0.25, -0.2) is 0 Å². The van der Waals surface area contributed by atoms with Crippen molar-refractivity contribution in [3.63, 3.8) is 0 Å². The van der Waals surface area contributed by atoms with Gasteiger partial charge >= 0.3 is 0 Å². The largest absolute Gasteiger partial charge is 0.341 e. The van der Waals surface area contributed by atoms with Crippen LogP contribution in [0.5, 0.6) is 0 Å². The van der Waals surface area contributed by atoms with Crippen LogP contribution in [0, 0.1) is 5.92 Å². The first kappa shape index (κ1) is 15.5. The molecule has 1 aromatic heterocycles. The highest BCUT2D eigenvalue weighted by Gasteiger charge is 2.39. The highest BCUT2D eigenvalue weighted by atomic mass is 32.1. The number of piperidine rings is 2. The summed E-state index contributed by atoms with van der Waals surface area (Å²) in [5.41, 5.74) is 5.47. The van der Waals surface area contributed by atoms with Crippen molar-refractivity contribution in [2.75, 3.05) is 26.2 Å². The van der Waals surface area contributed by atoms with Crippen LogP contribution in [0.3, 0.4) is 0 Å². The van der Waals surface area contributed by atoms with E-state index in [2.05, 4.69) is 22.4 Å². The third kappa shape index (κ3) is 3.17. The molecule has 0 spiro atoms. The molecule has 3 rings (SSSR count). The van der Waals surface area contributed by atoms with E-state index in [-0.39, 0.29) is 18.4 Å². The Labute approximate surface area is 135 Å². The van der Waals surface area contributed by atoms with Gasteiger partial charge in [-0.15, -0.1) is 11.3 Å². The Balaban J connectivity index is 1.63. The van der Waals surface area contributed by atoms with Crippen molar-refractivity contribution in [2.45, 2.75) is 31.7 Å². The maximum atomic E-state index is 12.3. The Kier molecular flexibility index (Phi) is 4.78. The zero-order chi connectivity index (χ0) is 15.5. The van der Waals surface area contributed by atoms with Crippen LogP contribution in [0.2, 0.25) is 0 Å². The maximum Gasteiger partial charge on any atom is 0.236 e. The van der Waals surface area contributed by atoms with Crippen LogP contribution in [0.25, 0.3) is 0 Å². The molecule has 5 nitrogen and oxygen atoms in total. The van der Waals surface area contributed by atoms with E-state index in [0.29, 0.717) is 18.4 Å². The molecule has 1 aromatic rings. The van der Waals surface area contributed by atoms with Gasteiger partial charge in [0.25, 0.3) is 0 Å². The minimum absolute atomic E-state index is 0.0282. The molecule has 0 radical (unpaired) electrons. The number of carbonyl (C=O) groups is 2. The predicted molar refractivity (Wildman–Crippen MR) is 86.5 cm³/mol. The van der Waals surface area contributed by atoms with E-state index in [0.717, 1.165) is 38.9 Å². The van der Waals surface area contributed by atoms with E-state index >= 15 is 0 Å². The fraction of sp³-hybridized carbons (Fsp3) is 0.625. The lowest BCUT2D eigenvalue weighted by Gasteiger charge is -2.47. The number of likely N-dealkylation sites (tertiary alicyclic amines) is 2. The van der Waals surface area contributed by atoms with Crippen LogP contribution in [0.15, 0.2) is 17.5 Å². The van der Waals surface area contributed by atoms with E-state index < -0.39 is 0 Å². The zero-order valence-electron chi connectivity index (χ0n) is 12.7. The van der Waals surface area contributed by atoms with Crippen LogP contribution in [0.4, 0.5) is 0 Å². The Morgan fingerprint density at radius 2 is 2.27 bits per heavy atom. The Morgan fingerprint density at radius 3 is 3.00 bits per heavy atom. The molecular weight excluding hydrogens is 298 g/mol. The highest BCUT2D eigenvalue weighted by molar-refractivity contribution is 7.09. The molecule has 0 saturated carbocycles. The molecule has 2 fully saturated rings. The summed E-state index contributed by atoms with van der Waals surface area (Å²) in [6, 6.07) is 4.47. The van der Waals surface area contributed by atoms with E-state index in [4.69, 9.17) is 5.73 Å². The topological polar surface area (TPSA) is 66.6 Å². The van der Waals surface area contributed by atoms with Gasteiger partial charge in [0.05, 0.1) is 6.54 Å². The van der Waals surface area contributed by atoms with E-state index in [9.17, 15) is 9.59 Å². The number of rotatable bonds is 4. The normalized spacial score (nSPS) is 25.2. The molecule has 3 heterocycles. The molecule has 120 valence electrons. The molecule has 2 atom stereocenters. The van der Waals surface area contributed by atoms with Crippen LogP contribution in [-0.2, 0) is 16.0 Å². The second kappa shape index (κ2) is 6.79. The molecule has 0 aliphatic carbocycles. The Bertz CT molecular complexity index is 532. The molecule has 2 aliphatic heterocycles. The summed E-state index contributed by atoms with van der Waals surface area (Å²) in [7, 11) is 0. The number of nitrogens with zero attached hydrogens (tertiary/aromatic N) is 2. The van der Waals surface area contributed by atoms with Gasteiger partial charge in [-0.2, -0.15) is 0 Å². The second-order valence-corrected chi connectivity index (χ2v) is 7.15. The van der Waals surface area contributed by atoms with Crippen molar-refractivity contribution < 1.29 is 9.59 Å². The number of fused-ring (bicyclic) bond motifs is 1. The fourth-order valence-electron chi connectivity index (χ4n) is 3.68. The second-order valence-electron chi connectivity index (χ2n) is 6.12. The average molecular weight is 321 g/mol. The first-order chi connectivity index (χ1) is 10.7. The Morgan fingerprint density at radius 1 is 1.41 bits per heavy atom. The van der Waals surface area contributed by atoms with Crippen molar-refractivity contribution in [1.82, 2.24) is 9.80 Å². The molecule has 2 unspecified atom stereocenters. The lowest BCUT2D eigenvalue weighted by molar-refractivity contribution is -0.143.